The fourth-order valence-corrected chi connectivity index (χ4v) is 2.96. The predicted molar refractivity (Wildman–Crippen MR) is 95.6 cm³/mol. The summed E-state index contributed by atoms with van der Waals surface area (Å²) in [7, 11) is 0. The van der Waals surface area contributed by atoms with Gasteiger partial charge in [0.15, 0.2) is 0 Å². The van der Waals surface area contributed by atoms with E-state index in [9.17, 15) is 9.59 Å². The maximum Gasteiger partial charge on any atom is 0.242 e. The fraction of sp³-hybridized carbons (Fsp3) is 0.556. The summed E-state index contributed by atoms with van der Waals surface area (Å²) in [5.41, 5.74) is 6.50. The minimum absolute atomic E-state index is 0.00711. The zero-order chi connectivity index (χ0) is 17.4. The van der Waals surface area contributed by atoms with E-state index in [0.717, 1.165) is 31.2 Å². The maximum absolute atomic E-state index is 12.3. The van der Waals surface area contributed by atoms with E-state index in [1.54, 1.807) is 9.80 Å². The van der Waals surface area contributed by atoms with Crippen LogP contribution in [0.25, 0.3) is 0 Å². The molecular weight excluding hydrogens is 326 g/mol. The SMILES string of the molecule is NCCCCCCC(=O)N1CCN(Cc2ccc(Cl)cc2)C(=O)C1. The molecule has 0 atom stereocenters. The highest BCUT2D eigenvalue weighted by Gasteiger charge is 2.26. The molecule has 1 aromatic carbocycles. The molecule has 0 unspecified atom stereocenters. The van der Waals surface area contributed by atoms with E-state index in [1.807, 2.05) is 24.3 Å². The summed E-state index contributed by atoms with van der Waals surface area (Å²) < 4.78 is 0. The number of carbonyl (C=O) groups is 2. The Balaban J connectivity index is 1.74. The Morgan fingerprint density at radius 2 is 1.79 bits per heavy atom. The summed E-state index contributed by atoms with van der Waals surface area (Å²) in [6, 6.07) is 7.50. The van der Waals surface area contributed by atoms with Gasteiger partial charge in [-0.05, 0) is 37.1 Å². The summed E-state index contributed by atoms with van der Waals surface area (Å²) in [5, 5.41) is 0.687. The molecule has 132 valence electrons. The number of piperazine rings is 1. The second kappa shape index (κ2) is 9.64. The third kappa shape index (κ3) is 5.80. The number of unbranched alkanes of at least 4 members (excludes halogenated alkanes) is 3. The van der Waals surface area contributed by atoms with Crippen LogP contribution in [0, 0.1) is 0 Å². The van der Waals surface area contributed by atoms with Crippen molar-refractivity contribution in [2.75, 3.05) is 26.2 Å². The zero-order valence-corrected chi connectivity index (χ0v) is 14.8. The normalized spacial score (nSPS) is 15.0. The van der Waals surface area contributed by atoms with Crippen molar-refractivity contribution in [3.63, 3.8) is 0 Å². The lowest BCUT2D eigenvalue weighted by atomic mass is 10.1. The average Bonchev–Trinajstić information content (AvgIpc) is 2.58. The minimum Gasteiger partial charge on any atom is -0.335 e. The number of benzene rings is 1. The Morgan fingerprint density at radius 3 is 2.46 bits per heavy atom. The Morgan fingerprint density at radius 1 is 1.08 bits per heavy atom. The Bertz CT molecular complexity index is 548. The van der Waals surface area contributed by atoms with Crippen molar-refractivity contribution in [3.05, 3.63) is 34.9 Å². The molecule has 2 amide bonds. The molecule has 1 fully saturated rings. The third-order valence-corrected chi connectivity index (χ3v) is 4.55. The van der Waals surface area contributed by atoms with Gasteiger partial charge in [0, 0.05) is 31.1 Å². The van der Waals surface area contributed by atoms with Crippen molar-refractivity contribution in [2.45, 2.75) is 38.6 Å². The molecule has 1 aliphatic heterocycles. The van der Waals surface area contributed by atoms with E-state index in [2.05, 4.69) is 0 Å². The van der Waals surface area contributed by atoms with Crippen molar-refractivity contribution in [1.82, 2.24) is 9.80 Å². The van der Waals surface area contributed by atoms with Gasteiger partial charge in [-0.2, -0.15) is 0 Å². The zero-order valence-electron chi connectivity index (χ0n) is 14.0. The van der Waals surface area contributed by atoms with Gasteiger partial charge >= 0.3 is 0 Å². The van der Waals surface area contributed by atoms with Gasteiger partial charge in [-0.15, -0.1) is 0 Å². The first kappa shape index (κ1) is 18.7. The van der Waals surface area contributed by atoms with Crippen LogP contribution in [-0.4, -0.2) is 47.8 Å². The largest absolute Gasteiger partial charge is 0.335 e. The maximum atomic E-state index is 12.3. The highest BCUT2D eigenvalue weighted by molar-refractivity contribution is 6.30. The summed E-state index contributed by atoms with van der Waals surface area (Å²) in [4.78, 5) is 28.0. The van der Waals surface area contributed by atoms with Crippen molar-refractivity contribution >= 4 is 23.4 Å². The van der Waals surface area contributed by atoms with E-state index >= 15 is 0 Å². The molecule has 1 aromatic rings. The Hall–Kier alpha value is -1.59. The summed E-state index contributed by atoms with van der Waals surface area (Å²) in [6.45, 7) is 2.66. The smallest absolute Gasteiger partial charge is 0.242 e. The minimum atomic E-state index is 0.00711. The van der Waals surface area contributed by atoms with Gasteiger partial charge in [-0.1, -0.05) is 36.6 Å². The van der Waals surface area contributed by atoms with Gasteiger partial charge in [0.05, 0.1) is 6.54 Å². The topological polar surface area (TPSA) is 66.6 Å². The standard InChI is InChI=1S/C18H26ClN3O2/c19-16-8-6-15(7-9-16)13-21-11-12-22(14-18(21)24)17(23)5-3-1-2-4-10-20/h6-9H,1-5,10-14,20H2. The van der Waals surface area contributed by atoms with Gasteiger partial charge < -0.3 is 15.5 Å². The third-order valence-electron chi connectivity index (χ3n) is 4.30. The van der Waals surface area contributed by atoms with Gasteiger partial charge in [-0.3, -0.25) is 9.59 Å². The van der Waals surface area contributed by atoms with Crippen molar-refractivity contribution in [1.29, 1.82) is 0 Å². The number of rotatable bonds is 8. The molecule has 24 heavy (non-hydrogen) atoms. The van der Waals surface area contributed by atoms with Crippen molar-refractivity contribution in [2.24, 2.45) is 5.73 Å². The average molecular weight is 352 g/mol. The Labute approximate surface area is 148 Å². The summed E-state index contributed by atoms with van der Waals surface area (Å²) in [6.07, 6.45) is 4.49. The van der Waals surface area contributed by atoms with E-state index in [4.69, 9.17) is 17.3 Å². The predicted octanol–water partition coefficient (Wildman–Crippen LogP) is 2.42. The molecule has 2 rings (SSSR count). The number of nitrogens with zero attached hydrogens (tertiary/aromatic N) is 2. The van der Waals surface area contributed by atoms with Crippen LogP contribution in [0.15, 0.2) is 24.3 Å². The summed E-state index contributed by atoms with van der Waals surface area (Å²) in [5.74, 6) is 0.0925. The first-order chi connectivity index (χ1) is 11.6. The molecule has 0 aromatic heterocycles. The molecule has 2 N–H and O–H groups in total. The monoisotopic (exact) mass is 351 g/mol. The van der Waals surface area contributed by atoms with Crippen LogP contribution in [-0.2, 0) is 16.1 Å². The molecule has 0 saturated carbocycles. The van der Waals surface area contributed by atoms with Crippen LogP contribution in [0.4, 0.5) is 0 Å². The lowest BCUT2D eigenvalue weighted by Gasteiger charge is -2.34. The molecule has 0 aliphatic carbocycles. The lowest BCUT2D eigenvalue weighted by Crippen LogP contribution is -2.51. The molecule has 5 nitrogen and oxygen atoms in total. The lowest BCUT2D eigenvalue weighted by molar-refractivity contribution is -0.145. The molecule has 1 saturated heterocycles. The molecule has 1 heterocycles. The highest BCUT2D eigenvalue weighted by Crippen LogP contribution is 2.14. The number of hydrogen-bond acceptors (Lipinski definition) is 3. The van der Waals surface area contributed by atoms with Gasteiger partial charge in [0.25, 0.3) is 0 Å². The first-order valence-electron chi connectivity index (χ1n) is 8.60. The van der Waals surface area contributed by atoms with E-state index in [1.165, 1.54) is 0 Å². The number of nitrogens with two attached hydrogens (primary N) is 1. The molecule has 0 radical (unpaired) electrons. The number of hydrogen-bond donors (Lipinski definition) is 1. The highest BCUT2D eigenvalue weighted by atomic mass is 35.5. The van der Waals surface area contributed by atoms with E-state index in [0.29, 0.717) is 37.6 Å². The van der Waals surface area contributed by atoms with Crippen molar-refractivity contribution in [3.8, 4) is 0 Å². The number of halogens is 1. The Kier molecular flexibility index (Phi) is 7.53. The second-order valence-electron chi connectivity index (χ2n) is 6.21. The van der Waals surface area contributed by atoms with Crippen LogP contribution < -0.4 is 5.73 Å². The van der Waals surface area contributed by atoms with Crippen LogP contribution in [0.3, 0.4) is 0 Å². The fourth-order valence-electron chi connectivity index (χ4n) is 2.83. The van der Waals surface area contributed by atoms with E-state index in [-0.39, 0.29) is 18.4 Å². The van der Waals surface area contributed by atoms with Crippen LogP contribution in [0.5, 0.6) is 0 Å². The van der Waals surface area contributed by atoms with Gasteiger partial charge in [-0.25, -0.2) is 0 Å². The molecule has 0 spiro atoms. The quantitative estimate of drug-likeness (QED) is 0.731. The molecular formula is C18H26ClN3O2. The van der Waals surface area contributed by atoms with Crippen LogP contribution in [0.2, 0.25) is 5.02 Å². The van der Waals surface area contributed by atoms with Crippen LogP contribution >= 0.6 is 11.6 Å². The number of amides is 2. The van der Waals surface area contributed by atoms with E-state index < -0.39 is 0 Å². The number of carbonyl (C=O) groups excluding carboxylic acids is 2. The first-order valence-corrected chi connectivity index (χ1v) is 8.98. The molecule has 6 heteroatoms. The molecule has 0 bridgehead atoms. The summed E-state index contributed by atoms with van der Waals surface area (Å²) >= 11 is 5.88. The van der Waals surface area contributed by atoms with Gasteiger partial charge in [0.1, 0.15) is 0 Å². The van der Waals surface area contributed by atoms with Gasteiger partial charge in [0.2, 0.25) is 11.8 Å². The second-order valence-corrected chi connectivity index (χ2v) is 6.65. The molecule has 1 aliphatic rings. The van der Waals surface area contributed by atoms with Crippen molar-refractivity contribution < 1.29 is 9.59 Å². The van der Waals surface area contributed by atoms with Crippen LogP contribution in [0.1, 0.15) is 37.7 Å².